The van der Waals surface area contributed by atoms with Crippen molar-refractivity contribution in [2.45, 2.75) is 52.9 Å². The van der Waals surface area contributed by atoms with Crippen LogP contribution in [0.2, 0.25) is 0 Å². The van der Waals surface area contributed by atoms with Crippen LogP contribution in [0.3, 0.4) is 0 Å². The van der Waals surface area contributed by atoms with Gasteiger partial charge in [0, 0.05) is 26.9 Å². The maximum Gasteiger partial charge on any atom is 0.679 e. The molecule has 0 aliphatic heterocycles. The molecule has 0 amide bonds. The molecule has 0 aliphatic carbocycles. The lowest BCUT2D eigenvalue weighted by Gasteiger charge is -2.26. The van der Waals surface area contributed by atoms with Crippen molar-refractivity contribution in [3.63, 3.8) is 0 Å². The lowest BCUT2D eigenvalue weighted by molar-refractivity contribution is -0.0234. The quantitative estimate of drug-likeness (QED) is 0.401. The van der Waals surface area contributed by atoms with Crippen LogP contribution in [0.4, 0.5) is 0 Å². The second kappa shape index (κ2) is 11.2. The van der Waals surface area contributed by atoms with Crippen LogP contribution in [0.15, 0.2) is 0 Å². The Balaban J connectivity index is 4.17. The molecule has 0 fully saturated rings. The highest BCUT2D eigenvalue weighted by Gasteiger charge is 2.44. The third kappa shape index (κ3) is 7.89. The normalized spacial score (nSPS) is 12.0. The molecule has 0 rings (SSSR count). The minimum absolute atomic E-state index is 0.623. The minimum Gasteiger partial charge on any atom is -0.355 e. The van der Waals surface area contributed by atoms with Crippen molar-refractivity contribution in [3.05, 3.63) is 0 Å². The standard InChI is InChI=1S/C12H28O4Si/c1-5-8-11-15-17(13-4,14-10-7-3)16-12-9-6-2/h5-12H2,1-4H3. The van der Waals surface area contributed by atoms with E-state index in [-0.39, 0.29) is 0 Å². The largest absolute Gasteiger partial charge is 0.679 e. The first-order valence-corrected chi connectivity index (χ1v) is 8.35. The van der Waals surface area contributed by atoms with E-state index in [1.54, 1.807) is 7.11 Å². The summed E-state index contributed by atoms with van der Waals surface area (Å²) in [4.78, 5) is 0. The topological polar surface area (TPSA) is 36.9 Å². The molecule has 0 radical (unpaired) electrons. The SMILES string of the molecule is CCCCO[Si](OC)(OCCC)OCCCC. The number of rotatable bonds is 12. The van der Waals surface area contributed by atoms with Gasteiger partial charge in [0.25, 0.3) is 0 Å². The molecule has 0 unspecified atom stereocenters. The second-order valence-electron chi connectivity index (χ2n) is 3.96. The van der Waals surface area contributed by atoms with Crippen LogP contribution in [0, 0.1) is 0 Å². The summed E-state index contributed by atoms with van der Waals surface area (Å²) in [5.74, 6) is 0. The molecule has 0 bridgehead atoms. The highest BCUT2D eigenvalue weighted by molar-refractivity contribution is 6.53. The van der Waals surface area contributed by atoms with Gasteiger partial charge in [0.1, 0.15) is 0 Å². The molecular weight excluding hydrogens is 236 g/mol. The van der Waals surface area contributed by atoms with E-state index >= 15 is 0 Å². The van der Waals surface area contributed by atoms with E-state index in [1.165, 1.54) is 0 Å². The highest BCUT2D eigenvalue weighted by Crippen LogP contribution is 2.13. The fourth-order valence-electron chi connectivity index (χ4n) is 1.21. The minimum atomic E-state index is -2.86. The van der Waals surface area contributed by atoms with Gasteiger partial charge in [-0.25, -0.2) is 0 Å². The van der Waals surface area contributed by atoms with Gasteiger partial charge >= 0.3 is 9.05 Å². The predicted octanol–water partition coefficient (Wildman–Crippen LogP) is 3.13. The Morgan fingerprint density at radius 1 is 0.706 bits per heavy atom. The lowest BCUT2D eigenvalue weighted by atomic mass is 10.4. The maximum atomic E-state index is 5.74. The average Bonchev–Trinajstić information content (AvgIpc) is 2.36. The Bertz CT molecular complexity index is 157. The molecule has 0 aromatic carbocycles. The van der Waals surface area contributed by atoms with Crippen molar-refractivity contribution < 1.29 is 17.7 Å². The fourth-order valence-corrected chi connectivity index (χ4v) is 3.06. The van der Waals surface area contributed by atoms with Crippen LogP contribution in [-0.4, -0.2) is 36.0 Å². The first-order chi connectivity index (χ1) is 8.24. The fraction of sp³-hybridized carbons (Fsp3) is 1.00. The van der Waals surface area contributed by atoms with Crippen LogP contribution in [0.1, 0.15) is 52.9 Å². The van der Waals surface area contributed by atoms with E-state index in [4.69, 9.17) is 17.7 Å². The highest BCUT2D eigenvalue weighted by atomic mass is 28.4. The van der Waals surface area contributed by atoms with Crippen molar-refractivity contribution in [2.75, 3.05) is 26.9 Å². The zero-order chi connectivity index (χ0) is 13.0. The monoisotopic (exact) mass is 264 g/mol. The Morgan fingerprint density at radius 2 is 1.18 bits per heavy atom. The summed E-state index contributed by atoms with van der Waals surface area (Å²) in [5.41, 5.74) is 0. The third-order valence-corrected chi connectivity index (χ3v) is 4.46. The predicted molar refractivity (Wildman–Crippen MR) is 70.7 cm³/mol. The van der Waals surface area contributed by atoms with Gasteiger partial charge in [-0.15, -0.1) is 0 Å². The van der Waals surface area contributed by atoms with Gasteiger partial charge in [0.05, 0.1) is 0 Å². The molecule has 17 heavy (non-hydrogen) atoms. The molecule has 0 spiro atoms. The summed E-state index contributed by atoms with van der Waals surface area (Å²) in [6.07, 6.45) is 5.13. The summed E-state index contributed by atoms with van der Waals surface area (Å²) in [6, 6.07) is 0. The summed E-state index contributed by atoms with van der Waals surface area (Å²) < 4.78 is 22.6. The van der Waals surface area contributed by atoms with Crippen molar-refractivity contribution >= 4 is 9.05 Å². The Morgan fingerprint density at radius 3 is 1.53 bits per heavy atom. The molecule has 0 saturated heterocycles. The summed E-state index contributed by atoms with van der Waals surface area (Å²) in [5, 5.41) is 0. The average molecular weight is 264 g/mol. The molecule has 0 aliphatic rings. The number of unbranched alkanes of at least 4 members (excludes halogenated alkanes) is 2. The van der Waals surface area contributed by atoms with Crippen molar-refractivity contribution in [3.8, 4) is 0 Å². The van der Waals surface area contributed by atoms with Crippen molar-refractivity contribution in [1.29, 1.82) is 0 Å². The molecule has 0 atom stereocenters. The Hall–Kier alpha value is 0.0569. The van der Waals surface area contributed by atoms with Gasteiger partial charge in [-0.2, -0.15) is 0 Å². The molecule has 0 N–H and O–H groups in total. The van der Waals surface area contributed by atoms with E-state index in [0.29, 0.717) is 19.8 Å². The van der Waals surface area contributed by atoms with E-state index in [0.717, 1.165) is 32.1 Å². The van der Waals surface area contributed by atoms with Crippen LogP contribution in [0.25, 0.3) is 0 Å². The van der Waals surface area contributed by atoms with Gasteiger partial charge in [-0.3, -0.25) is 0 Å². The second-order valence-corrected chi connectivity index (χ2v) is 6.23. The van der Waals surface area contributed by atoms with Crippen LogP contribution in [0.5, 0.6) is 0 Å². The molecule has 0 saturated carbocycles. The Kier molecular flexibility index (Phi) is 11.2. The van der Waals surface area contributed by atoms with Gasteiger partial charge in [-0.1, -0.05) is 33.6 Å². The zero-order valence-electron chi connectivity index (χ0n) is 11.8. The molecule has 4 nitrogen and oxygen atoms in total. The summed E-state index contributed by atoms with van der Waals surface area (Å²) >= 11 is 0. The molecule has 104 valence electrons. The van der Waals surface area contributed by atoms with E-state index in [1.807, 2.05) is 0 Å². The van der Waals surface area contributed by atoms with E-state index < -0.39 is 9.05 Å². The summed E-state index contributed by atoms with van der Waals surface area (Å²) in [6.45, 7) is 8.23. The van der Waals surface area contributed by atoms with Crippen LogP contribution >= 0.6 is 0 Å². The van der Waals surface area contributed by atoms with Gasteiger partial charge in [0.2, 0.25) is 0 Å². The van der Waals surface area contributed by atoms with Crippen molar-refractivity contribution in [1.82, 2.24) is 0 Å². The van der Waals surface area contributed by atoms with E-state index in [2.05, 4.69) is 20.8 Å². The zero-order valence-corrected chi connectivity index (χ0v) is 12.8. The number of hydrogen-bond donors (Lipinski definition) is 0. The molecule has 0 heterocycles. The maximum absolute atomic E-state index is 5.74. The molecular formula is C12H28O4Si. The van der Waals surface area contributed by atoms with Crippen molar-refractivity contribution in [2.24, 2.45) is 0 Å². The molecule has 0 aromatic rings. The van der Waals surface area contributed by atoms with Gasteiger partial charge in [0.15, 0.2) is 0 Å². The Labute approximate surface area is 107 Å². The van der Waals surface area contributed by atoms with Gasteiger partial charge < -0.3 is 17.7 Å². The first kappa shape index (κ1) is 17.1. The third-order valence-electron chi connectivity index (χ3n) is 2.29. The molecule has 0 aromatic heterocycles. The lowest BCUT2D eigenvalue weighted by Crippen LogP contribution is -2.49. The van der Waals surface area contributed by atoms with E-state index in [9.17, 15) is 0 Å². The number of hydrogen-bond acceptors (Lipinski definition) is 4. The summed E-state index contributed by atoms with van der Waals surface area (Å²) in [7, 11) is -1.25. The van der Waals surface area contributed by atoms with Crippen LogP contribution in [-0.2, 0) is 17.7 Å². The first-order valence-electron chi connectivity index (χ1n) is 6.71. The van der Waals surface area contributed by atoms with Gasteiger partial charge in [-0.05, 0) is 19.3 Å². The smallest absolute Gasteiger partial charge is 0.355 e. The van der Waals surface area contributed by atoms with Crippen LogP contribution < -0.4 is 0 Å². The molecule has 5 heteroatoms.